The van der Waals surface area contributed by atoms with E-state index < -0.39 is 0 Å². The predicted octanol–water partition coefficient (Wildman–Crippen LogP) is 1.28. The molecular weight excluding hydrogens is 180 g/mol. The molecule has 0 aromatic carbocycles. The van der Waals surface area contributed by atoms with Gasteiger partial charge in [-0.3, -0.25) is 4.68 Å². The van der Waals surface area contributed by atoms with Gasteiger partial charge in [0, 0.05) is 11.3 Å². The van der Waals surface area contributed by atoms with E-state index in [0.717, 1.165) is 11.3 Å². The van der Waals surface area contributed by atoms with Gasteiger partial charge in [-0.25, -0.2) is 0 Å². The Morgan fingerprint density at radius 2 is 2.07 bits per heavy atom. The number of rotatable bonds is 4. The van der Waals surface area contributed by atoms with E-state index >= 15 is 0 Å². The first-order valence-corrected chi connectivity index (χ1v) is 4.87. The van der Waals surface area contributed by atoms with Crippen molar-refractivity contribution in [3.8, 4) is 5.88 Å². The average molecular weight is 198 g/mol. The van der Waals surface area contributed by atoms with Crippen molar-refractivity contribution in [1.82, 2.24) is 9.78 Å². The number of hydrogen-bond acceptors (Lipinski definition) is 3. The second-order valence-corrected chi connectivity index (χ2v) is 3.63. The van der Waals surface area contributed by atoms with Crippen LogP contribution in [0, 0.1) is 13.8 Å². The van der Waals surface area contributed by atoms with E-state index in [1.807, 2.05) is 27.7 Å². The molecule has 4 nitrogen and oxygen atoms in total. The van der Waals surface area contributed by atoms with Crippen molar-refractivity contribution in [3.05, 3.63) is 11.3 Å². The van der Waals surface area contributed by atoms with Gasteiger partial charge in [0.05, 0.1) is 19.3 Å². The van der Waals surface area contributed by atoms with Crippen LogP contribution < -0.4 is 4.74 Å². The van der Waals surface area contributed by atoms with Gasteiger partial charge in [-0.2, -0.15) is 0 Å². The highest BCUT2D eigenvalue weighted by molar-refractivity contribution is 5.28. The zero-order chi connectivity index (χ0) is 10.7. The highest BCUT2D eigenvalue weighted by Gasteiger charge is 2.12. The third kappa shape index (κ3) is 2.26. The molecule has 0 unspecified atom stereocenters. The maximum Gasteiger partial charge on any atom is 0.236 e. The Morgan fingerprint density at radius 3 is 2.57 bits per heavy atom. The summed E-state index contributed by atoms with van der Waals surface area (Å²) in [5.41, 5.74) is 2.10. The van der Waals surface area contributed by atoms with Crippen molar-refractivity contribution in [2.24, 2.45) is 0 Å². The minimum absolute atomic E-state index is 0.100. The Balaban J connectivity index is 2.90. The molecule has 0 aliphatic rings. The van der Waals surface area contributed by atoms with Gasteiger partial charge in [0.2, 0.25) is 5.88 Å². The molecule has 1 aromatic rings. The van der Waals surface area contributed by atoms with Crippen LogP contribution in [0.5, 0.6) is 5.88 Å². The molecule has 0 amide bonds. The maximum atomic E-state index is 8.82. The van der Waals surface area contributed by atoms with Crippen LogP contribution in [0.1, 0.15) is 25.1 Å². The summed E-state index contributed by atoms with van der Waals surface area (Å²) in [6.07, 6.45) is 0.130. The SMILES string of the molecule is Cc1c(OC(C)C)nn(CCO)c1C. The van der Waals surface area contributed by atoms with E-state index in [2.05, 4.69) is 5.10 Å². The minimum atomic E-state index is 0.100. The molecule has 1 aromatic heterocycles. The first-order chi connectivity index (χ1) is 6.56. The van der Waals surface area contributed by atoms with Gasteiger partial charge in [-0.05, 0) is 27.7 Å². The molecule has 80 valence electrons. The van der Waals surface area contributed by atoms with Crippen LogP contribution in [0.3, 0.4) is 0 Å². The zero-order valence-corrected chi connectivity index (χ0v) is 9.24. The van der Waals surface area contributed by atoms with E-state index in [-0.39, 0.29) is 12.7 Å². The van der Waals surface area contributed by atoms with E-state index in [0.29, 0.717) is 12.4 Å². The monoisotopic (exact) mass is 198 g/mol. The lowest BCUT2D eigenvalue weighted by molar-refractivity contribution is 0.224. The lowest BCUT2D eigenvalue weighted by Crippen LogP contribution is -2.08. The van der Waals surface area contributed by atoms with E-state index in [1.165, 1.54) is 0 Å². The third-order valence-corrected chi connectivity index (χ3v) is 2.12. The van der Waals surface area contributed by atoms with Crippen molar-refractivity contribution in [1.29, 1.82) is 0 Å². The van der Waals surface area contributed by atoms with Gasteiger partial charge in [0.25, 0.3) is 0 Å². The Labute approximate surface area is 84.5 Å². The first-order valence-electron chi connectivity index (χ1n) is 4.87. The van der Waals surface area contributed by atoms with E-state index in [9.17, 15) is 0 Å². The normalized spacial score (nSPS) is 11.0. The summed E-state index contributed by atoms with van der Waals surface area (Å²) >= 11 is 0. The number of hydrogen-bond donors (Lipinski definition) is 1. The molecule has 1 N–H and O–H groups in total. The summed E-state index contributed by atoms with van der Waals surface area (Å²) in [6, 6.07) is 0. The molecule has 0 spiro atoms. The minimum Gasteiger partial charge on any atom is -0.474 e. The van der Waals surface area contributed by atoms with Crippen molar-refractivity contribution < 1.29 is 9.84 Å². The Morgan fingerprint density at radius 1 is 1.43 bits per heavy atom. The largest absolute Gasteiger partial charge is 0.474 e. The molecule has 0 atom stereocenters. The Kier molecular flexibility index (Phi) is 3.52. The fourth-order valence-electron chi connectivity index (χ4n) is 1.26. The standard InChI is InChI=1S/C10H18N2O2/c1-7(2)14-10-8(3)9(4)12(11-10)5-6-13/h7,13H,5-6H2,1-4H3. The van der Waals surface area contributed by atoms with Crippen LogP contribution in [-0.2, 0) is 6.54 Å². The predicted molar refractivity (Wildman–Crippen MR) is 54.6 cm³/mol. The van der Waals surface area contributed by atoms with Gasteiger partial charge in [-0.1, -0.05) is 0 Å². The van der Waals surface area contributed by atoms with Crippen LogP contribution >= 0.6 is 0 Å². The molecule has 1 heterocycles. The van der Waals surface area contributed by atoms with E-state index in [4.69, 9.17) is 9.84 Å². The maximum absolute atomic E-state index is 8.82. The highest BCUT2D eigenvalue weighted by atomic mass is 16.5. The summed E-state index contributed by atoms with van der Waals surface area (Å²) in [7, 11) is 0. The van der Waals surface area contributed by atoms with Crippen LogP contribution in [0.2, 0.25) is 0 Å². The van der Waals surface area contributed by atoms with Crippen LogP contribution in [-0.4, -0.2) is 27.6 Å². The number of aromatic nitrogens is 2. The topological polar surface area (TPSA) is 47.3 Å². The second kappa shape index (κ2) is 4.46. The molecule has 1 rings (SSSR count). The number of nitrogens with zero attached hydrogens (tertiary/aromatic N) is 2. The molecule has 0 saturated heterocycles. The van der Waals surface area contributed by atoms with Crippen molar-refractivity contribution in [2.45, 2.75) is 40.3 Å². The second-order valence-electron chi connectivity index (χ2n) is 3.63. The number of ether oxygens (including phenoxy) is 1. The van der Waals surface area contributed by atoms with Gasteiger partial charge in [-0.15, -0.1) is 5.10 Å². The zero-order valence-electron chi connectivity index (χ0n) is 9.24. The van der Waals surface area contributed by atoms with Crippen LogP contribution in [0.15, 0.2) is 0 Å². The molecule has 14 heavy (non-hydrogen) atoms. The van der Waals surface area contributed by atoms with Gasteiger partial charge >= 0.3 is 0 Å². The summed E-state index contributed by atoms with van der Waals surface area (Å²) < 4.78 is 7.31. The fraction of sp³-hybridized carbons (Fsp3) is 0.700. The summed E-state index contributed by atoms with van der Waals surface area (Å²) in [5.74, 6) is 0.672. The molecule has 0 aliphatic heterocycles. The fourth-order valence-corrected chi connectivity index (χ4v) is 1.26. The molecule has 0 bridgehead atoms. The highest BCUT2D eigenvalue weighted by Crippen LogP contribution is 2.20. The van der Waals surface area contributed by atoms with Crippen molar-refractivity contribution >= 4 is 0 Å². The van der Waals surface area contributed by atoms with Gasteiger partial charge in [0.15, 0.2) is 0 Å². The third-order valence-electron chi connectivity index (χ3n) is 2.12. The van der Waals surface area contributed by atoms with Crippen LogP contribution in [0.25, 0.3) is 0 Å². The smallest absolute Gasteiger partial charge is 0.236 e. The molecular formula is C10H18N2O2. The van der Waals surface area contributed by atoms with Crippen molar-refractivity contribution in [3.63, 3.8) is 0 Å². The summed E-state index contributed by atoms with van der Waals surface area (Å²) in [6.45, 7) is 8.52. The van der Waals surface area contributed by atoms with Gasteiger partial charge in [0.1, 0.15) is 0 Å². The average Bonchev–Trinajstić information content (AvgIpc) is 2.34. The van der Waals surface area contributed by atoms with E-state index in [1.54, 1.807) is 4.68 Å². The number of aliphatic hydroxyl groups is 1. The Hall–Kier alpha value is -1.03. The molecule has 0 aliphatic carbocycles. The molecule has 0 radical (unpaired) electrons. The summed E-state index contributed by atoms with van der Waals surface area (Å²) in [5, 5.41) is 13.1. The van der Waals surface area contributed by atoms with Crippen molar-refractivity contribution in [2.75, 3.05) is 6.61 Å². The molecule has 4 heteroatoms. The Bertz CT molecular complexity index is 305. The lowest BCUT2D eigenvalue weighted by atomic mass is 10.3. The lowest BCUT2D eigenvalue weighted by Gasteiger charge is -2.06. The first kappa shape index (κ1) is 11.0. The quantitative estimate of drug-likeness (QED) is 0.792. The summed E-state index contributed by atoms with van der Waals surface area (Å²) in [4.78, 5) is 0. The van der Waals surface area contributed by atoms with Gasteiger partial charge < -0.3 is 9.84 Å². The van der Waals surface area contributed by atoms with Crippen LogP contribution in [0.4, 0.5) is 0 Å². The molecule has 0 fully saturated rings. The molecule has 0 saturated carbocycles. The number of aliphatic hydroxyl groups excluding tert-OH is 1.